The van der Waals surface area contributed by atoms with Gasteiger partial charge in [-0.3, -0.25) is 4.79 Å². The van der Waals surface area contributed by atoms with Crippen LogP contribution in [0.4, 0.5) is 0 Å². The molecule has 15 heavy (non-hydrogen) atoms. The van der Waals surface area contributed by atoms with Crippen LogP contribution in [0.5, 0.6) is 0 Å². The molecule has 1 unspecified atom stereocenters. The van der Waals surface area contributed by atoms with Crippen LogP contribution in [0.15, 0.2) is 0 Å². The summed E-state index contributed by atoms with van der Waals surface area (Å²) in [5, 5.41) is 0. The van der Waals surface area contributed by atoms with Gasteiger partial charge in [0.25, 0.3) is 0 Å². The Balaban J connectivity index is 3.96. The molecule has 1 atom stereocenters. The van der Waals surface area contributed by atoms with Crippen LogP contribution in [0.1, 0.15) is 26.7 Å². The van der Waals surface area contributed by atoms with E-state index in [4.69, 9.17) is 0 Å². The summed E-state index contributed by atoms with van der Waals surface area (Å²) in [6.07, 6.45) is 1.89. The molecule has 3 nitrogen and oxygen atoms in total. The fraction of sp³-hybridized carbons (Fsp3) is 0.909. The van der Waals surface area contributed by atoms with Crippen LogP contribution in [-0.2, 0) is 4.79 Å². The monoisotopic (exact) mass is 278 g/mol. The molecular formula is C11H23BrN2O. The van der Waals surface area contributed by atoms with Crippen molar-refractivity contribution in [1.82, 2.24) is 9.80 Å². The van der Waals surface area contributed by atoms with Gasteiger partial charge in [-0.05, 0) is 40.4 Å². The van der Waals surface area contributed by atoms with Crippen molar-refractivity contribution in [1.29, 1.82) is 0 Å². The summed E-state index contributed by atoms with van der Waals surface area (Å²) in [4.78, 5) is 15.9. The SMILES string of the molecule is CCC(Br)C(=O)N(CC)CCCN(C)C. The van der Waals surface area contributed by atoms with Gasteiger partial charge in [0.15, 0.2) is 0 Å². The largest absolute Gasteiger partial charge is 0.342 e. The fourth-order valence-electron chi connectivity index (χ4n) is 1.37. The molecule has 0 aromatic rings. The highest BCUT2D eigenvalue weighted by molar-refractivity contribution is 9.10. The molecule has 0 fully saturated rings. The quantitative estimate of drug-likeness (QED) is 0.665. The number of rotatable bonds is 7. The summed E-state index contributed by atoms with van der Waals surface area (Å²) in [7, 11) is 4.11. The van der Waals surface area contributed by atoms with Gasteiger partial charge in [-0.1, -0.05) is 22.9 Å². The number of carbonyl (C=O) groups is 1. The number of halogens is 1. The molecule has 0 aromatic carbocycles. The molecule has 0 radical (unpaired) electrons. The molecule has 0 aliphatic heterocycles. The lowest BCUT2D eigenvalue weighted by atomic mass is 10.2. The second-order valence-electron chi connectivity index (χ2n) is 3.95. The maximum Gasteiger partial charge on any atom is 0.236 e. The Labute approximate surface area is 102 Å². The van der Waals surface area contributed by atoms with Crippen molar-refractivity contribution in [2.75, 3.05) is 33.7 Å². The predicted octanol–water partition coefficient (Wildman–Crippen LogP) is 1.96. The average Bonchev–Trinajstić information content (AvgIpc) is 2.22. The van der Waals surface area contributed by atoms with E-state index >= 15 is 0 Å². The van der Waals surface area contributed by atoms with Gasteiger partial charge >= 0.3 is 0 Å². The van der Waals surface area contributed by atoms with Crippen LogP contribution >= 0.6 is 15.9 Å². The van der Waals surface area contributed by atoms with Crippen LogP contribution in [0, 0.1) is 0 Å². The second-order valence-corrected chi connectivity index (χ2v) is 5.06. The fourth-order valence-corrected chi connectivity index (χ4v) is 1.66. The van der Waals surface area contributed by atoms with E-state index in [1.807, 2.05) is 18.7 Å². The van der Waals surface area contributed by atoms with Crippen LogP contribution in [-0.4, -0.2) is 54.3 Å². The number of alkyl halides is 1. The molecule has 0 rings (SSSR count). The summed E-state index contributed by atoms with van der Waals surface area (Å²) in [6, 6.07) is 0. The summed E-state index contributed by atoms with van der Waals surface area (Å²) < 4.78 is 0. The van der Waals surface area contributed by atoms with E-state index in [0.717, 1.165) is 32.5 Å². The third kappa shape index (κ3) is 6.15. The maximum atomic E-state index is 11.8. The summed E-state index contributed by atoms with van der Waals surface area (Å²) in [6.45, 7) is 6.74. The van der Waals surface area contributed by atoms with Crippen LogP contribution < -0.4 is 0 Å². The maximum absolute atomic E-state index is 11.8. The first kappa shape index (κ1) is 14.9. The molecule has 0 saturated heterocycles. The first-order valence-corrected chi connectivity index (χ1v) is 6.52. The molecule has 0 aromatic heterocycles. The number of hydrogen-bond donors (Lipinski definition) is 0. The lowest BCUT2D eigenvalue weighted by Crippen LogP contribution is -2.37. The van der Waals surface area contributed by atoms with Crippen molar-refractivity contribution in [3.63, 3.8) is 0 Å². The summed E-state index contributed by atoms with van der Waals surface area (Å²) in [5.74, 6) is 0.221. The van der Waals surface area contributed by atoms with E-state index in [1.54, 1.807) is 0 Å². The smallest absolute Gasteiger partial charge is 0.236 e. The minimum absolute atomic E-state index is 0.0168. The summed E-state index contributed by atoms with van der Waals surface area (Å²) in [5.41, 5.74) is 0. The molecule has 0 bridgehead atoms. The Morgan fingerprint density at radius 1 is 1.27 bits per heavy atom. The molecule has 0 heterocycles. The van der Waals surface area contributed by atoms with Gasteiger partial charge in [-0.2, -0.15) is 0 Å². The molecule has 4 heteroatoms. The zero-order valence-electron chi connectivity index (χ0n) is 10.3. The molecule has 0 N–H and O–H groups in total. The van der Waals surface area contributed by atoms with Gasteiger partial charge in [-0.25, -0.2) is 0 Å². The number of carbonyl (C=O) groups excluding carboxylic acids is 1. The highest BCUT2D eigenvalue weighted by atomic mass is 79.9. The third-order valence-corrected chi connectivity index (χ3v) is 3.39. The van der Waals surface area contributed by atoms with E-state index in [1.165, 1.54) is 0 Å². The van der Waals surface area contributed by atoms with E-state index in [0.29, 0.717) is 0 Å². The van der Waals surface area contributed by atoms with Crippen LogP contribution in [0.3, 0.4) is 0 Å². The Bertz CT molecular complexity index is 185. The first-order chi connectivity index (χ1) is 7.02. The minimum Gasteiger partial charge on any atom is -0.342 e. The van der Waals surface area contributed by atoms with Crippen molar-refractivity contribution in [3.05, 3.63) is 0 Å². The molecule has 0 saturated carbocycles. The average molecular weight is 279 g/mol. The van der Waals surface area contributed by atoms with Gasteiger partial charge in [0.1, 0.15) is 0 Å². The van der Waals surface area contributed by atoms with E-state index in [-0.39, 0.29) is 10.7 Å². The van der Waals surface area contributed by atoms with E-state index in [9.17, 15) is 4.79 Å². The highest BCUT2D eigenvalue weighted by Gasteiger charge is 2.18. The topological polar surface area (TPSA) is 23.6 Å². The Morgan fingerprint density at radius 3 is 2.27 bits per heavy atom. The van der Waals surface area contributed by atoms with Gasteiger partial charge < -0.3 is 9.80 Å². The molecule has 90 valence electrons. The zero-order valence-corrected chi connectivity index (χ0v) is 11.9. The molecule has 1 amide bonds. The lowest BCUT2D eigenvalue weighted by molar-refractivity contribution is -0.130. The normalized spacial score (nSPS) is 12.9. The standard InChI is InChI=1S/C11H23BrN2O/c1-5-10(12)11(15)14(6-2)9-7-8-13(3)4/h10H,5-9H2,1-4H3. The van der Waals surface area contributed by atoms with Crippen LogP contribution in [0.25, 0.3) is 0 Å². The Kier molecular flexibility index (Phi) is 8.06. The zero-order chi connectivity index (χ0) is 11.8. The first-order valence-electron chi connectivity index (χ1n) is 5.60. The number of nitrogens with zero attached hydrogens (tertiary/aromatic N) is 2. The van der Waals surface area contributed by atoms with Crippen molar-refractivity contribution in [2.45, 2.75) is 31.5 Å². The predicted molar refractivity (Wildman–Crippen MR) is 68.4 cm³/mol. The van der Waals surface area contributed by atoms with Gasteiger partial charge in [0, 0.05) is 13.1 Å². The number of hydrogen-bond acceptors (Lipinski definition) is 2. The van der Waals surface area contributed by atoms with Crippen molar-refractivity contribution in [3.8, 4) is 0 Å². The van der Waals surface area contributed by atoms with Gasteiger partial charge in [-0.15, -0.1) is 0 Å². The second kappa shape index (κ2) is 8.11. The van der Waals surface area contributed by atoms with Crippen molar-refractivity contribution >= 4 is 21.8 Å². The molecule has 0 spiro atoms. The Morgan fingerprint density at radius 2 is 1.87 bits per heavy atom. The van der Waals surface area contributed by atoms with Crippen molar-refractivity contribution < 1.29 is 4.79 Å². The molecular weight excluding hydrogens is 256 g/mol. The van der Waals surface area contributed by atoms with Gasteiger partial charge in [0.2, 0.25) is 5.91 Å². The van der Waals surface area contributed by atoms with E-state index in [2.05, 4.69) is 34.9 Å². The highest BCUT2D eigenvalue weighted by Crippen LogP contribution is 2.09. The molecule has 0 aliphatic rings. The van der Waals surface area contributed by atoms with Crippen molar-refractivity contribution in [2.24, 2.45) is 0 Å². The van der Waals surface area contributed by atoms with E-state index < -0.39 is 0 Å². The summed E-state index contributed by atoms with van der Waals surface area (Å²) >= 11 is 3.40. The van der Waals surface area contributed by atoms with Crippen LogP contribution in [0.2, 0.25) is 0 Å². The molecule has 0 aliphatic carbocycles. The van der Waals surface area contributed by atoms with Gasteiger partial charge in [0.05, 0.1) is 4.83 Å². The number of amides is 1. The third-order valence-electron chi connectivity index (χ3n) is 2.35. The minimum atomic E-state index is -0.0168. The lowest BCUT2D eigenvalue weighted by Gasteiger charge is -2.23. The Hall–Kier alpha value is -0.0900.